The standard InChI is InChI=1S/C26H39ClN2S/c1-18-12-26(20-8-6-5-7-9-20)14-19(13-25(4,15-26)16-27)22(18)23(30)29-11-10-21(28)24(2,3)17-29/h5-9,18-19,21-22H,10-17,28H2,1-4H3. The van der Waals surface area contributed by atoms with Crippen LogP contribution in [0.25, 0.3) is 0 Å². The molecule has 3 fully saturated rings. The molecule has 0 spiro atoms. The van der Waals surface area contributed by atoms with Crippen molar-refractivity contribution >= 4 is 28.8 Å². The third-order valence-corrected chi connectivity index (χ3v) is 9.80. The Morgan fingerprint density at radius 1 is 1.17 bits per heavy atom. The van der Waals surface area contributed by atoms with Gasteiger partial charge in [-0.15, -0.1) is 11.6 Å². The lowest BCUT2D eigenvalue weighted by Crippen LogP contribution is -2.58. The minimum atomic E-state index is 0.116. The van der Waals surface area contributed by atoms with Gasteiger partial charge in [0, 0.05) is 30.9 Å². The van der Waals surface area contributed by atoms with Crippen LogP contribution in [0.4, 0.5) is 0 Å². The predicted molar refractivity (Wildman–Crippen MR) is 132 cm³/mol. The van der Waals surface area contributed by atoms with Crippen molar-refractivity contribution < 1.29 is 0 Å². The number of halogens is 1. The van der Waals surface area contributed by atoms with E-state index in [1.165, 1.54) is 36.2 Å². The van der Waals surface area contributed by atoms with E-state index in [1.807, 2.05) is 0 Å². The molecule has 4 rings (SSSR count). The summed E-state index contributed by atoms with van der Waals surface area (Å²) in [5.41, 5.74) is 8.45. The molecule has 166 valence electrons. The highest BCUT2D eigenvalue weighted by molar-refractivity contribution is 7.80. The molecule has 2 nitrogen and oxygen atoms in total. The first-order chi connectivity index (χ1) is 14.1. The van der Waals surface area contributed by atoms with Crippen LogP contribution in [0.3, 0.4) is 0 Å². The van der Waals surface area contributed by atoms with Crippen molar-refractivity contribution in [1.82, 2.24) is 4.90 Å². The Balaban J connectivity index is 1.64. The largest absolute Gasteiger partial charge is 0.365 e. The highest BCUT2D eigenvalue weighted by Gasteiger charge is 2.55. The van der Waals surface area contributed by atoms with Crippen molar-refractivity contribution in [2.45, 2.75) is 71.3 Å². The number of fused-ring (bicyclic) bond motifs is 2. The second-order valence-electron chi connectivity index (χ2n) is 11.8. The van der Waals surface area contributed by atoms with Crippen LogP contribution in [0, 0.1) is 28.6 Å². The highest BCUT2D eigenvalue weighted by atomic mass is 35.5. The molecule has 6 unspecified atom stereocenters. The normalized spacial score (nSPS) is 40.8. The number of hydrogen-bond acceptors (Lipinski definition) is 2. The maximum atomic E-state index is 6.59. The van der Waals surface area contributed by atoms with Gasteiger partial charge in [0.2, 0.25) is 0 Å². The topological polar surface area (TPSA) is 29.3 Å². The summed E-state index contributed by atoms with van der Waals surface area (Å²) in [4.78, 5) is 3.70. The number of alkyl halides is 1. The fourth-order valence-electron chi connectivity index (χ4n) is 7.23. The Bertz CT molecular complexity index is 776. The van der Waals surface area contributed by atoms with Crippen LogP contribution in [0.15, 0.2) is 30.3 Å². The molecule has 4 heteroatoms. The second kappa shape index (κ2) is 8.05. The first kappa shape index (κ1) is 22.6. The van der Waals surface area contributed by atoms with Crippen LogP contribution in [0.2, 0.25) is 0 Å². The molecule has 2 saturated carbocycles. The minimum absolute atomic E-state index is 0.116. The number of nitrogens with zero attached hydrogens (tertiary/aromatic N) is 1. The third-order valence-electron chi connectivity index (χ3n) is 8.62. The fourth-order valence-corrected chi connectivity index (χ4v) is 8.02. The van der Waals surface area contributed by atoms with Gasteiger partial charge in [-0.2, -0.15) is 0 Å². The molecule has 1 aliphatic heterocycles. The van der Waals surface area contributed by atoms with Crippen LogP contribution in [-0.2, 0) is 5.41 Å². The van der Waals surface area contributed by atoms with Gasteiger partial charge in [0.1, 0.15) is 0 Å². The number of hydrogen-bond donors (Lipinski definition) is 1. The molecule has 1 aromatic rings. The van der Waals surface area contributed by atoms with Gasteiger partial charge >= 0.3 is 0 Å². The Morgan fingerprint density at radius 2 is 1.87 bits per heavy atom. The molecule has 0 aromatic heterocycles. The van der Waals surface area contributed by atoms with Gasteiger partial charge in [-0.05, 0) is 65.7 Å². The van der Waals surface area contributed by atoms with Gasteiger partial charge in [-0.3, -0.25) is 0 Å². The average Bonchev–Trinajstić information content (AvgIpc) is 2.70. The molecule has 2 N–H and O–H groups in total. The molecule has 1 saturated heterocycles. The van der Waals surface area contributed by atoms with E-state index in [9.17, 15) is 0 Å². The van der Waals surface area contributed by atoms with Crippen LogP contribution >= 0.6 is 23.8 Å². The molecule has 2 aliphatic carbocycles. The molecule has 30 heavy (non-hydrogen) atoms. The summed E-state index contributed by atoms with van der Waals surface area (Å²) in [7, 11) is 0. The van der Waals surface area contributed by atoms with Crippen molar-refractivity contribution in [3.05, 3.63) is 35.9 Å². The highest BCUT2D eigenvalue weighted by Crippen LogP contribution is 2.60. The van der Waals surface area contributed by atoms with Crippen molar-refractivity contribution in [2.75, 3.05) is 19.0 Å². The molecule has 0 amide bonds. The maximum absolute atomic E-state index is 6.59. The molecule has 6 atom stereocenters. The SMILES string of the molecule is CC1CC2(c3ccccc3)CC(CC(C)(CCl)C2)C1C(=S)N1CCC(N)C(C)(C)C1. The lowest BCUT2D eigenvalue weighted by Gasteiger charge is -2.58. The maximum Gasteiger partial charge on any atom is 0.0816 e. The van der Waals surface area contributed by atoms with E-state index in [-0.39, 0.29) is 22.3 Å². The lowest BCUT2D eigenvalue weighted by molar-refractivity contribution is 0.00608. The molecule has 3 aliphatic rings. The van der Waals surface area contributed by atoms with Gasteiger partial charge in [0.05, 0.1) is 4.99 Å². The van der Waals surface area contributed by atoms with E-state index in [1.54, 1.807) is 0 Å². The minimum Gasteiger partial charge on any atom is -0.365 e. The third kappa shape index (κ3) is 3.95. The van der Waals surface area contributed by atoms with Crippen LogP contribution in [-0.4, -0.2) is 34.9 Å². The Labute approximate surface area is 193 Å². The second-order valence-corrected chi connectivity index (χ2v) is 12.5. The molecular weight excluding hydrogens is 408 g/mol. The first-order valence-electron chi connectivity index (χ1n) is 11.8. The zero-order valence-electron chi connectivity index (χ0n) is 19.2. The number of benzene rings is 1. The average molecular weight is 447 g/mol. The summed E-state index contributed by atoms with van der Waals surface area (Å²) in [5, 5.41) is 0. The summed E-state index contributed by atoms with van der Waals surface area (Å²) in [6.07, 6.45) is 5.87. The van der Waals surface area contributed by atoms with E-state index < -0.39 is 0 Å². The van der Waals surface area contributed by atoms with Crippen LogP contribution in [0.5, 0.6) is 0 Å². The number of rotatable bonds is 3. The predicted octanol–water partition coefficient (Wildman–Crippen LogP) is 6.01. The van der Waals surface area contributed by atoms with E-state index in [0.29, 0.717) is 17.8 Å². The summed E-state index contributed by atoms with van der Waals surface area (Å²) in [6.45, 7) is 11.4. The summed E-state index contributed by atoms with van der Waals surface area (Å²) in [5.74, 6) is 2.41. The van der Waals surface area contributed by atoms with E-state index in [4.69, 9.17) is 29.6 Å². The van der Waals surface area contributed by atoms with Crippen molar-refractivity contribution in [2.24, 2.45) is 34.3 Å². The quantitative estimate of drug-likeness (QED) is 0.455. The van der Waals surface area contributed by atoms with Gasteiger partial charge in [0.15, 0.2) is 0 Å². The van der Waals surface area contributed by atoms with Crippen molar-refractivity contribution in [1.29, 1.82) is 0 Å². The Kier molecular flexibility index (Phi) is 6.05. The number of piperidine rings is 1. The van der Waals surface area contributed by atoms with Crippen LogP contribution in [0.1, 0.15) is 65.4 Å². The zero-order valence-corrected chi connectivity index (χ0v) is 20.7. The summed E-state index contributed by atoms with van der Waals surface area (Å²) < 4.78 is 0. The monoisotopic (exact) mass is 446 g/mol. The van der Waals surface area contributed by atoms with Crippen molar-refractivity contribution in [3.8, 4) is 0 Å². The first-order valence-corrected chi connectivity index (χ1v) is 12.7. The Hall–Kier alpha value is -0.640. The van der Waals surface area contributed by atoms with E-state index in [2.05, 4.69) is 62.9 Å². The molecule has 1 heterocycles. The molecule has 0 radical (unpaired) electrons. The smallest absolute Gasteiger partial charge is 0.0816 e. The van der Waals surface area contributed by atoms with Gasteiger partial charge in [0.25, 0.3) is 0 Å². The summed E-state index contributed by atoms with van der Waals surface area (Å²) in [6, 6.07) is 11.5. The lowest BCUT2D eigenvalue weighted by atomic mass is 9.48. The van der Waals surface area contributed by atoms with Gasteiger partial charge in [-0.1, -0.05) is 70.2 Å². The van der Waals surface area contributed by atoms with Crippen molar-refractivity contribution in [3.63, 3.8) is 0 Å². The fraction of sp³-hybridized carbons (Fsp3) is 0.731. The summed E-state index contributed by atoms with van der Waals surface area (Å²) >= 11 is 12.8. The van der Waals surface area contributed by atoms with Gasteiger partial charge < -0.3 is 10.6 Å². The van der Waals surface area contributed by atoms with E-state index in [0.717, 1.165) is 25.4 Å². The number of nitrogens with two attached hydrogens (primary N) is 1. The number of thiocarbonyl (C=S) groups is 1. The zero-order chi connectivity index (χ0) is 21.7. The van der Waals surface area contributed by atoms with Crippen LogP contribution < -0.4 is 5.73 Å². The van der Waals surface area contributed by atoms with Gasteiger partial charge in [-0.25, -0.2) is 0 Å². The Morgan fingerprint density at radius 3 is 2.50 bits per heavy atom. The van der Waals surface area contributed by atoms with E-state index >= 15 is 0 Å². The molecule has 1 aromatic carbocycles. The molecular formula is C26H39ClN2S. The number of likely N-dealkylation sites (tertiary alicyclic amines) is 1. The molecule has 2 bridgehead atoms.